The molecular formula is C24H30N4O2. The smallest absolute Gasteiger partial charge is 0.256 e. The second kappa shape index (κ2) is 7.99. The first-order valence-electron chi connectivity index (χ1n) is 13.3. The fraction of sp³-hybridized carbons (Fsp3) is 0.542. The van der Waals surface area contributed by atoms with Crippen molar-refractivity contribution < 1.29 is 11.4 Å². The monoisotopic (exact) mass is 411 g/mol. The molecular weight excluding hydrogens is 376 g/mol. The molecule has 30 heavy (non-hydrogen) atoms. The third-order valence-electron chi connectivity index (χ3n) is 6.41. The molecule has 2 aromatic heterocycles. The van der Waals surface area contributed by atoms with Crippen molar-refractivity contribution in [1.29, 1.82) is 0 Å². The Morgan fingerprint density at radius 1 is 1.27 bits per heavy atom. The molecule has 4 heterocycles. The predicted molar refractivity (Wildman–Crippen MR) is 117 cm³/mol. The third-order valence-corrected chi connectivity index (χ3v) is 6.41. The lowest BCUT2D eigenvalue weighted by molar-refractivity contribution is 0.211. The maximum Gasteiger partial charge on any atom is 0.256 e. The number of rotatable bonds is 4. The Bertz CT molecular complexity index is 1310. The Balaban J connectivity index is 1.32. The second-order valence-electron chi connectivity index (χ2n) is 8.43. The van der Waals surface area contributed by atoms with Gasteiger partial charge in [-0.05, 0) is 76.7 Å². The van der Waals surface area contributed by atoms with E-state index in [9.17, 15) is 4.79 Å². The van der Waals surface area contributed by atoms with Gasteiger partial charge in [0.05, 0.1) is 5.69 Å². The first-order valence-corrected chi connectivity index (χ1v) is 10.8. The standard InChI is InChI=1S/C24H30N4O2/c1-16-6-7-20-21(15-16)30-26-23(20)18-8-12-27(13-9-18)14-10-19-17(2)25-22-5-3-4-11-28(22)24(19)29/h6-7,15,18H,3-5,8-14H2,1-2H3/i2D3,5D2. The molecule has 0 aliphatic carbocycles. The van der Waals surface area contributed by atoms with Gasteiger partial charge in [-0.15, -0.1) is 0 Å². The minimum Gasteiger partial charge on any atom is -0.356 e. The van der Waals surface area contributed by atoms with Gasteiger partial charge in [0.2, 0.25) is 0 Å². The van der Waals surface area contributed by atoms with Crippen molar-refractivity contribution in [3.05, 3.63) is 56.9 Å². The highest BCUT2D eigenvalue weighted by Gasteiger charge is 2.25. The minimum atomic E-state index is -2.57. The zero-order valence-electron chi connectivity index (χ0n) is 22.3. The van der Waals surface area contributed by atoms with E-state index in [0.29, 0.717) is 25.4 Å². The highest BCUT2D eigenvalue weighted by atomic mass is 16.5. The summed E-state index contributed by atoms with van der Waals surface area (Å²) < 4.78 is 47.1. The van der Waals surface area contributed by atoms with E-state index in [-0.39, 0.29) is 29.9 Å². The largest absolute Gasteiger partial charge is 0.356 e. The zero-order valence-corrected chi connectivity index (χ0v) is 17.3. The quantitative estimate of drug-likeness (QED) is 0.654. The maximum absolute atomic E-state index is 13.3. The van der Waals surface area contributed by atoms with Crippen LogP contribution in [0, 0.1) is 13.8 Å². The van der Waals surface area contributed by atoms with Crippen LogP contribution in [0.1, 0.15) is 66.8 Å². The number of hydrogen-bond acceptors (Lipinski definition) is 5. The van der Waals surface area contributed by atoms with Crippen molar-refractivity contribution in [1.82, 2.24) is 19.6 Å². The summed E-state index contributed by atoms with van der Waals surface area (Å²) in [5.41, 5.74) is 2.46. The van der Waals surface area contributed by atoms with Gasteiger partial charge in [-0.1, -0.05) is 11.2 Å². The van der Waals surface area contributed by atoms with Crippen LogP contribution < -0.4 is 5.56 Å². The van der Waals surface area contributed by atoms with Crippen LogP contribution >= 0.6 is 0 Å². The second-order valence-corrected chi connectivity index (χ2v) is 8.43. The van der Waals surface area contributed by atoms with Crippen LogP contribution in [0.25, 0.3) is 11.0 Å². The molecule has 0 unspecified atom stereocenters. The lowest BCUT2D eigenvalue weighted by Crippen LogP contribution is -2.37. The van der Waals surface area contributed by atoms with Crippen LogP contribution in [0.5, 0.6) is 0 Å². The van der Waals surface area contributed by atoms with E-state index in [2.05, 4.69) is 27.2 Å². The van der Waals surface area contributed by atoms with E-state index in [1.807, 2.05) is 13.0 Å². The van der Waals surface area contributed by atoms with E-state index in [1.165, 1.54) is 4.57 Å². The zero-order chi connectivity index (χ0) is 25.0. The summed E-state index contributed by atoms with van der Waals surface area (Å²) in [7, 11) is 0. The molecule has 0 bridgehead atoms. The fourth-order valence-corrected chi connectivity index (χ4v) is 4.66. The minimum absolute atomic E-state index is 0.0560. The molecule has 1 fully saturated rings. The van der Waals surface area contributed by atoms with E-state index in [1.54, 1.807) is 0 Å². The summed E-state index contributed by atoms with van der Waals surface area (Å²) in [5.74, 6) is 0.242. The molecule has 6 nitrogen and oxygen atoms in total. The molecule has 6 heteroatoms. The number of piperidine rings is 1. The van der Waals surface area contributed by atoms with Gasteiger partial charge < -0.3 is 9.42 Å². The fourth-order valence-electron chi connectivity index (χ4n) is 4.66. The highest BCUT2D eigenvalue weighted by Crippen LogP contribution is 2.32. The Morgan fingerprint density at radius 3 is 2.97 bits per heavy atom. The van der Waals surface area contributed by atoms with Crippen LogP contribution in [0.2, 0.25) is 0 Å². The summed E-state index contributed by atoms with van der Waals surface area (Å²) in [6.07, 6.45) is 1.04. The average molecular weight is 412 g/mol. The molecule has 1 aromatic carbocycles. The Kier molecular flexibility index (Phi) is 3.87. The third kappa shape index (κ3) is 3.58. The molecule has 0 atom stereocenters. The molecule has 158 valence electrons. The molecule has 0 radical (unpaired) electrons. The maximum atomic E-state index is 13.3. The summed E-state index contributed by atoms with van der Waals surface area (Å²) in [6.45, 7) is 2.00. The normalized spacial score (nSPS) is 22.6. The number of benzene rings is 1. The number of hydrogen-bond donors (Lipinski definition) is 0. The van der Waals surface area contributed by atoms with Crippen molar-refractivity contribution in [2.24, 2.45) is 0 Å². The van der Waals surface area contributed by atoms with Crippen LogP contribution in [-0.2, 0) is 19.3 Å². The molecule has 2 aliphatic heterocycles. The molecule has 0 N–H and O–H groups in total. The first kappa shape index (κ1) is 14.5. The van der Waals surface area contributed by atoms with Crippen molar-refractivity contribution in [2.45, 2.75) is 64.7 Å². The number of aryl methyl sites for hydroxylation is 3. The van der Waals surface area contributed by atoms with Crippen LogP contribution in [0.15, 0.2) is 27.5 Å². The SMILES string of the molecule is [2H]C([2H])([2H])c1nc2n(c(=O)c1CCN1CCC(c3noc4cc(C)ccc34)CC1)CCCC2([2H])[2H]. The van der Waals surface area contributed by atoms with Gasteiger partial charge in [0.15, 0.2) is 5.58 Å². The van der Waals surface area contributed by atoms with Gasteiger partial charge in [0.25, 0.3) is 5.56 Å². The molecule has 1 saturated heterocycles. The van der Waals surface area contributed by atoms with Crippen LogP contribution in [0.4, 0.5) is 0 Å². The molecule has 3 aromatic rings. The summed E-state index contributed by atoms with van der Waals surface area (Å²) in [6, 6.07) is 6.13. The van der Waals surface area contributed by atoms with Crippen molar-refractivity contribution in [2.75, 3.05) is 19.6 Å². The predicted octanol–water partition coefficient (Wildman–Crippen LogP) is 3.76. The summed E-state index contributed by atoms with van der Waals surface area (Å²) >= 11 is 0. The van der Waals surface area contributed by atoms with Crippen molar-refractivity contribution in [3.63, 3.8) is 0 Å². The Morgan fingerprint density at radius 2 is 2.13 bits per heavy atom. The van der Waals surface area contributed by atoms with Crippen molar-refractivity contribution in [3.8, 4) is 0 Å². The summed E-state index contributed by atoms with van der Waals surface area (Å²) in [5, 5.41) is 5.40. The van der Waals surface area contributed by atoms with Crippen molar-refractivity contribution >= 4 is 11.0 Å². The molecule has 0 amide bonds. The van der Waals surface area contributed by atoms with Gasteiger partial charge in [-0.25, -0.2) is 4.98 Å². The summed E-state index contributed by atoms with van der Waals surface area (Å²) in [4.78, 5) is 19.7. The molecule has 0 spiro atoms. The number of fused-ring (bicyclic) bond motifs is 2. The van der Waals surface area contributed by atoms with E-state index < -0.39 is 18.8 Å². The molecule has 0 saturated carbocycles. The van der Waals surface area contributed by atoms with E-state index in [4.69, 9.17) is 11.4 Å². The topological polar surface area (TPSA) is 64.2 Å². The molecule has 2 aliphatic rings. The number of nitrogens with zero attached hydrogens (tertiary/aromatic N) is 4. The highest BCUT2D eigenvalue weighted by molar-refractivity contribution is 5.80. The van der Waals surface area contributed by atoms with Crippen LogP contribution in [-0.4, -0.2) is 39.2 Å². The van der Waals surface area contributed by atoms with Gasteiger partial charge >= 0.3 is 0 Å². The van der Waals surface area contributed by atoms with Gasteiger partial charge in [0, 0.05) is 48.9 Å². The van der Waals surface area contributed by atoms with Gasteiger partial charge in [-0.3, -0.25) is 9.36 Å². The molecule has 5 rings (SSSR count). The average Bonchev–Trinajstić information content (AvgIpc) is 3.21. The van der Waals surface area contributed by atoms with Crippen LogP contribution in [0.3, 0.4) is 0 Å². The van der Waals surface area contributed by atoms with Gasteiger partial charge in [-0.2, -0.15) is 0 Å². The van der Waals surface area contributed by atoms with E-state index in [0.717, 1.165) is 48.2 Å². The Labute approximate surface area is 183 Å². The van der Waals surface area contributed by atoms with E-state index >= 15 is 0 Å². The lowest BCUT2D eigenvalue weighted by Gasteiger charge is -2.31. The number of likely N-dealkylation sites (tertiary alicyclic amines) is 1. The lowest BCUT2D eigenvalue weighted by atomic mass is 9.91. The first-order chi connectivity index (χ1) is 16.5. The Hall–Kier alpha value is -2.47. The van der Waals surface area contributed by atoms with Gasteiger partial charge in [0.1, 0.15) is 5.82 Å². The number of aromatic nitrogens is 3.